The lowest BCUT2D eigenvalue weighted by atomic mass is 10.1. The third-order valence-electron chi connectivity index (χ3n) is 3.08. The Balaban J connectivity index is 0.000000861. The standard InChI is InChI=1S/C15H19NO.C2H6/c1-3-15(16-11-12-17-13(16)2)10-9-14-7-5-4-6-8-14;1-2/h3-8H,2,9-12H2,1H3;1-2H3/b15-3-;. The molecule has 104 valence electrons. The maximum atomic E-state index is 5.39. The zero-order valence-electron chi connectivity index (χ0n) is 12.4. The number of allylic oxidation sites excluding steroid dienone is 2. The number of hydrogen-bond acceptors (Lipinski definition) is 2. The van der Waals surface area contributed by atoms with E-state index in [9.17, 15) is 0 Å². The second kappa shape index (κ2) is 8.41. The summed E-state index contributed by atoms with van der Waals surface area (Å²) >= 11 is 0. The zero-order valence-corrected chi connectivity index (χ0v) is 12.4. The van der Waals surface area contributed by atoms with E-state index in [2.05, 4.69) is 54.8 Å². The van der Waals surface area contributed by atoms with Crippen LogP contribution in [-0.4, -0.2) is 18.1 Å². The van der Waals surface area contributed by atoms with E-state index in [0.29, 0.717) is 0 Å². The minimum absolute atomic E-state index is 0.751. The predicted octanol–water partition coefficient (Wildman–Crippen LogP) is 4.35. The van der Waals surface area contributed by atoms with Gasteiger partial charge < -0.3 is 9.64 Å². The first-order valence-corrected chi connectivity index (χ1v) is 7.09. The molecule has 0 saturated carbocycles. The van der Waals surface area contributed by atoms with Gasteiger partial charge in [-0.05, 0) is 31.9 Å². The largest absolute Gasteiger partial charge is 0.477 e. The molecular formula is C17H25NO. The fourth-order valence-corrected chi connectivity index (χ4v) is 2.11. The molecule has 0 radical (unpaired) electrons. The molecule has 0 aliphatic carbocycles. The monoisotopic (exact) mass is 259 g/mol. The lowest BCUT2D eigenvalue weighted by molar-refractivity contribution is 0.247. The summed E-state index contributed by atoms with van der Waals surface area (Å²) in [5, 5.41) is 0. The number of ether oxygens (including phenoxy) is 1. The van der Waals surface area contributed by atoms with Gasteiger partial charge in [0.15, 0.2) is 5.88 Å². The van der Waals surface area contributed by atoms with E-state index in [4.69, 9.17) is 4.74 Å². The van der Waals surface area contributed by atoms with E-state index in [1.807, 2.05) is 13.8 Å². The van der Waals surface area contributed by atoms with Crippen LogP contribution in [0.15, 0.2) is 54.6 Å². The normalized spacial score (nSPS) is 14.8. The molecule has 2 nitrogen and oxygen atoms in total. The molecular weight excluding hydrogens is 234 g/mol. The third kappa shape index (κ3) is 4.47. The summed E-state index contributed by atoms with van der Waals surface area (Å²) in [6.45, 7) is 11.7. The van der Waals surface area contributed by atoms with E-state index in [1.165, 1.54) is 11.3 Å². The van der Waals surface area contributed by atoms with Crippen LogP contribution in [0.5, 0.6) is 0 Å². The molecule has 1 heterocycles. The van der Waals surface area contributed by atoms with Crippen LogP contribution < -0.4 is 0 Å². The molecule has 0 unspecified atom stereocenters. The first-order chi connectivity index (χ1) is 9.31. The van der Waals surface area contributed by atoms with Gasteiger partial charge in [-0.2, -0.15) is 0 Å². The first-order valence-electron chi connectivity index (χ1n) is 7.09. The van der Waals surface area contributed by atoms with Crippen LogP contribution in [0, 0.1) is 0 Å². The first kappa shape index (κ1) is 15.4. The Morgan fingerprint density at radius 1 is 1.32 bits per heavy atom. The summed E-state index contributed by atoms with van der Waals surface area (Å²) in [6, 6.07) is 10.6. The Morgan fingerprint density at radius 2 is 2.00 bits per heavy atom. The van der Waals surface area contributed by atoms with Crippen molar-refractivity contribution in [3.8, 4) is 0 Å². The zero-order chi connectivity index (χ0) is 14.1. The third-order valence-corrected chi connectivity index (χ3v) is 3.08. The fourth-order valence-electron chi connectivity index (χ4n) is 2.11. The maximum Gasteiger partial charge on any atom is 0.186 e. The highest BCUT2D eigenvalue weighted by Crippen LogP contribution is 2.22. The van der Waals surface area contributed by atoms with Crippen LogP contribution >= 0.6 is 0 Å². The van der Waals surface area contributed by atoms with Gasteiger partial charge in [-0.15, -0.1) is 0 Å². The second-order valence-corrected chi connectivity index (χ2v) is 4.16. The van der Waals surface area contributed by atoms with E-state index >= 15 is 0 Å². The van der Waals surface area contributed by atoms with Crippen LogP contribution in [0.25, 0.3) is 0 Å². The average Bonchev–Trinajstić information content (AvgIpc) is 2.89. The summed E-state index contributed by atoms with van der Waals surface area (Å²) in [6.07, 6.45) is 4.25. The average molecular weight is 259 g/mol. The van der Waals surface area contributed by atoms with Crippen molar-refractivity contribution in [2.75, 3.05) is 13.2 Å². The van der Waals surface area contributed by atoms with E-state index in [-0.39, 0.29) is 0 Å². The molecule has 0 N–H and O–H groups in total. The summed E-state index contributed by atoms with van der Waals surface area (Å²) in [4.78, 5) is 2.17. The molecule has 1 saturated heterocycles. The van der Waals surface area contributed by atoms with Crippen molar-refractivity contribution in [3.63, 3.8) is 0 Å². The molecule has 2 heteroatoms. The van der Waals surface area contributed by atoms with Gasteiger partial charge in [0.05, 0.1) is 6.54 Å². The minimum Gasteiger partial charge on any atom is -0.477 e. The van der Waals surface area contributed by atoms with Crippen molar-refractivity contribution in [1.82, 2.24) is 4.90 Å². The van der Waals surface area contributed by atoms with Gasteiger partial charge in [-0.25, -0.2) is 0 Å². The van der Waals surface area contributed by atoms with Crippen molar-refractivity contribution in [2.45, 2.75) is 33.6 Å². The molecule has 1 aromatic rings. The van der Waals surface area contributed by atoms with Crippen LogP contribution in [-0.2, 0) is 11.2 Å². The van der Waals surface area contributed by atoms with Gasteiger partial charge in [0.1, 0.15) is 6.61 Å². The molecule has 2 rings (SSSR count). The summed E-state index contributed by atoms with van der Waals surface area (Å²) in [7, 11) is 0. The lowest BCUT2D eigenvalue weighted by Crippen LogP contribution is -2.17. The molecule has 1 fully saturated rings. The quantitative estimate of drug-likeness (QED) is 0.797. The van der Waals surface area contributed by atoms with Crippen LogP contribution in [0.2, 0.25) is 0 Å². The van der Waals surface area contributed by atoms with Gasteiger partial charge in [0, 0.05) is 5.70 Å². The molecule has 0 aromatic heterocycles. The molecule has 1 aliphatic rings. The number of benzene rings is 1. The van der Waals surface area contributed by atoms with Crippen molar-refractivity contribution in [1.29, 1.82) is 0 Å². The summed E-state index contributed by atoms with van der Waals surface area (Å²) < 4.78 is 5.39. The molecule has 0 atom stereocenters. The van der Waals surface area contributed by atoms with Gasteiger partial charge in [0.25, 0.3) is 0 Å². The number of rotatable bonds is 4. The number of nitrogens with zero attached hydrogens (tertiary/aromatic N) is 1. The van der Waals surface area contributed by atoms with Crippen LogP contribution in [0.3, 0.4) is 0 Å². The molecule has 0 spiro atoms. The number of hydrogen-bond donors (Lipinski definition) is 0. The smallest absolute Gasteiger partial charge is 0.186 e. The molecule has 1 aliphatic heterocycles. The highest BCUT2D eigenvalue weighted by Gasteiger charge is 2.19. The van der Waals surface area contributed by atoms with Crippen LogP contribution in [0.4, 0.5) is 0 Å². The van der Waals surface area contributed by atoms with Gasteiger partial charge in [0.2, 0.25) is 0 Å². The highest BCUT2D eigenvalue weighted by atomic mass is 16.5. The van der Waals surface area contributed by atoms with Crippen molar-refractivity contribution >= 4 is 0 Å². The van der Waals surface area contributed by atoms with Crippen molar-refractivity contribution < 1.29 is 4.74 Å². The topological polar surface area (TPSA) is 12.5 Å². The molecule has 0 bridgehead atoms. The predicted molar refractivity (Wildman–Crippen MR) is 81.7 cm³/mol. The summed E-state index contributed by atoms with van der Waals surface area (Å²) in [5.74, 6) is 0.783. The Morgan fingerprint density at radius 3 is 2.53 bits per heavy atom. The minimum atomic E-state index is 0.751. The SMILES string of the molecule is C=C1OCCN1/C(=C\C)CCc1ccccc1.CC. The summed E-state index contributed by atoms with van der Waals surface area (Å²) in [5.41, 5.74) is 2.67. The van der Waals surface area contributed by atoms with E-state index < -0.39 is 0 Å². The Kier molecular flexibility index (Phi) is 6.80. The van der Waals surface area contributed by atoms with Gasteiger partial charge in [-0.1, -0.05) is 50.3 Å². The molecule has 1 aromatic carbocycles. The molecule has 19 heavy (non-hydrogen) atoms. The Hall–Kier alpha value is -1.70. The van der Waals surface area contributed by atoms with Gasteiger partial charge in [-0.3, -0.25) is 0 Å². The van der Waals surface area contributed by atoms with Crippen molar-refractivity contribution in [3.05, 3.63) is 60.1 Å². The Labute approximate surface area is 117 Å². The molecule has 0 amide bonds. The van der Waals surface area contributed by atoms with E-state index in [1.54, 1.807) is 0 Å². The number of aryl methyl sites for hydroxylation is 1. The lowest BCUT2D eigenvalue weighted by Gasteiger charge is -2.20. The van der Waals surface area contributed by atoms with Crippen molar-refractivity contribution in [2.24, 2.45) is 0 Å². The highest BCUT2D eigenvalue weighted by molar-refractivity contribution is 5.17. The maximum absolute atomic E-state index is 5.39. The van der Waals surface area contributed by atoms with E-state index in [0.717, 1.165) is 31.9 Å². The fraction of sp³-hybridized carbons (Fsp3) is 0.412. The Bertz CT molecular complexity index is 409. The van der Waals surface area contributed by atoms with Crippen LogP contribution in [0.1, 0.15) is 32.8 Å². The second-order valence-electron chi connectivity index (χ2n) is 4.16. The van der Waals surface area contributed by atoms with Gasteiger partial charge >= 0.3 is 0 Å².